The Bertz CT molecular complexity index is 1080. The molecule has 152 valence electrons. The van der Waals surface area contributed by atoms with Gasteiger partial charge in [-0.15, -0.1) is 0 Å². The summed E-state index contributed by atoms with van der Waals surface area (Å²) >= 11 is 5.96. The fraction of sp³-hybridized carbons (Fsp3) is 0.192. The summed E-state index contributed by atoms with van der Waals surface area (Å²) in [6.45, 7) is 0.968. The molecule has 4 rings (SSSR count). The molecule has 0 aromatic heterocycles. The van der Waals surface area contributed by atoms with E-state index < -0.39 is 0 Å². The van der Waals surface area contributed by atoms with E-state index in [9.17, 15) is 4.79 Å². The third-order valence-electron chi connectivity index (χ3n) is 5.32. The Labute approximate surface area is 183 Å². The van der Waals surface area contributed by atoms with Crippen LogP contribution in [0.4, 0.5) is 5.69 Å². The second-order valence-electron chi connectivity index (χ2n) is 7.99. The smallest absolute Gasteiger partial charge is 0.255 e. The van der Waals surface area contributed by atoms with E-state index in [0.717, 1.165) is 36.2 Å². The minimum Gasteiger partial charge on any atom is -0.322 e. The lowest BCUT2D eigenvalue weighted by Crippen LogP contribution is -2.17. The van der Waals surface area contributed by atoms with Gasteiger partial charge in [0.1, 0.15) is 0 Å². The molecule has 0 unspecified atom stereocenters. The van der Waals surface area contributed by atoms with Crippen LogP contribution >= 0.6 is 11.6 Å². The molecule has 0 aliphatic heterocycles. The minimum absolute atomic E-state index is 0.106. The number of amides is 1. The highest BCUT2D eigenvalue weighted by Crippen LogP contribution is 2.27. The molecule has 0 radical (unpaired) electrons. The molecule has 1 N–H and O–H groups in total. The van der Waals surface area contributed by atoms with Crippen molar-refractivity contribution in [2.45, 2.75) is 12.8 Å². The fourth-order valence-corrected chi connectivity index (χ4v) is 3.94. The van der Waals surface area contributed by atoms with Crippen molar-refractivity contribution in [3.05, 3.63) is 94.0 Å². The van der Waals surface area contributed by atoms with E-state index in [1.165, 1.54) is 16.7 Å². The maximum absolute atomic E-state index is 12.7. The van der Waals surface area contributed by atoms with Crippen LogP contribution < -0.4 is 5.32 Å². The van der Waals surface area contributed by atoms with E-state index in [0.29, 0.717) is 10.6 Å². The van der Waals surface area contributed by atoms with Gasteiger partial charge in [-0.3, -0.25) is 4.79 Å². The number of carbonyl (C=O) groups excluding carboxylic acids is 1. The number of fused-ring (bicyclic) bond motifs is 1. The van der Waals surface area contributed by atoms with Crippen LogP contribution in [-0.2, 0) is 6.42 Å². The molecule has 0 heterocycles. The SMILES string of the molecule is CN(C)CC1=Cc2cc(NC(=O)c3ccc(-c4ccc(Cl)cc4)cc3)ccc2CC1. The topological polar surface area (TPSA) is 32.3 Å². The molecule has 1 aliphatic rings. The normalized spacial score (nSPS) is 13.0. The Morgan fingerprint density at radius 1 is 0.933 bits per heavy atom. The lowest BCUT2D eigenvalue weighted by atomic mass is 9.91. The Kier molecular flexibility index (Phi) is 6.03. The third kappa shape index (κ3) is 4.81. The van der Waals surface area contributed by atoms with Crippen LogP contribution in [0.25, 0.3) is 17.2 Å². The Balaban J connectivity index is 1.48. The molecule has 0 saturated heterocycles. The predicted octanol–water partition coefficient (Wildman–Crippen LogP) is 6.15. The zero-order chi connectivity index (χ0) is 21.1. The number of likely N-dealkylation sites (N-methyl/N-ethyl adjacent to an activating group) is 1. The van der Waals surface area contributed by atoms with Crippen LogP contribution in [0.5, 0.6) is 0 Å². The van der Waals surface area contributed by atoms with Crippen LogP contribution in [0.15, 0.2) is 72.3 Å². The van der Waals surface area contributed by atoms with E-state index in [1.807, 2.05) is 54.6 Å². The van der Waals surface area contributed by atoms with Crippen molar-refractivity contribution in [2.24, 2.45) is 0 Å². The number of nitrogens with one attached hydrogen (secondary N) is 1. The highest BCUT2D eigenvalue weighted by Gasteiger charge is 2.13. The van der Waals surface area contributed by atoms with E-state index in [2.05, 4.69) is 42.5 Å². The summed E-state index contributed by atoms with van der Waals surface area (Å²) in [5.41, 5.74) is 7.54. The molecule has 0 bridgehead atoms. The molecule has 3 aromatic rings. The summed E-state index contributed by atoms with van der Waals surface area (Å²) < 4.78 is 0. The van der Waals surface area contributed by atoms with Gasteiger partial charge in [0.2, 0.25) is 0 Å². The molecular weight excluding hydrogens is 392 g/mol. The third-order valence-corrected chi connectivity index (χ3v) is 5.57. The molecule has 0 saturated carbocycles. The number of rotatable bonds is 5. The number of hydrogen-bond acceptors (Lipinski definition) is 2. The van der Waals surface area contributed by atoms with Gasteiger partial charge >= 0.3 is 0 Å². The van der Waals surface area contributed by atoms with E-state index in [-0.39, 0.29) is 5.91 Å². The van der Waals surface area contributed by atoms with Crippen molar-refractivity contribution in [3.63, 3.8) is 0 Å². The monoisotopic (exact) mass is 416 g/mol. The number of aryl methyl sites for hydroxylation is 1. The maximum Gasteiger partial charge on any atom is 0.255 e. The van der Waals surface area contributed by atoms with Gasteiger partial charge in [0.05, 0.1) is 0 Å². The highest BCUT2D eigenvalue weighted by molar-refractivity contribution is 6.30. The molecule has 30 heavy (non-hydrogen) atoms. The lowest BCUT2D eigenvalue weighted by Gasteiger charge is -2.20. The van der Waals surface area contributed by atoms with Crippen LogP contribution in [-0.4, -0.2) is 31.4 Å². The molecule has 0 atom stereocenters. The Hall–Kier alpha value is -2.88. The van der Waals surface area contributed by atoms with Crippen molar-refractivity contribution in [1.29, 1.82) is 0 Å². The number of halogens is 1. The molecule has 1 aliphatic carbocycles. The largest absolute Gasteiger partial charge is 0.322 e. The summed E-state index contributed by atoms with van der Waals surface area (Å²) in [5, 5.41) is 3.75. The van der Waals surface area contributed by atoms with Crippen molar-refractivity contribution in [1.82, 2.24) is 4.90 Å². The van der Waals surface area contributed by atoms with Gasteiger partial charge in [0, 0.05) is 22.8 Å². The first-order valence-electron chi connectivity index (χ1n) is 10.1. The molecule has 4 heteroatoms. The minimum atomic E-state index is -0.106. The first-order chi connectivity index (χ1) is 14.5. The Morgan fingerprint density at radius 3 is 2.27 bits per heavy atom. The maximum atomic E-state index is 12.7. The summed E-state index contributed by atoms with van der Waals surface area (Å²) in [6.07, 6.45) is 4.40. The van der Waals surface area contributed by atoms with Crippen LogP contribution in [0.2, 0.25) is 5.02 Å². The standard InChI is InChI=1S/C26H25ClN2O/c1-29(2)17-18-3-4-21-11-14-25(16-23(21)15-18)28-26(30)22-7-5-19(6-8-22)20-9-12-24(27)13-10-20/h5-16H,3-4,17H2,1-2H3,(H,28,30). The van der Waals surface area contributed by atoms with Crippen molar-refractivity contribution >= 4 is 29.3 Å². The predicted molar refractivity (Wildman–Crippen MR) is 126 cm³/mol. The van der Waals surface area contributed by atoms with Crippen molar-refractivity contribution in [2.75, 3.05) is 26.0 Å². The first kappa shape index (κ1) is 20.4. The van der Waals surface area contributed by atoms with Crippen LogP contribution in [0.3, 0.4) is 0 Å². The van der Waals surface area contributed by atoms with Gasteiger partial charge < -0.3 is 10.2 Å². The number of hydrogen-bond donors (Lipinski definition) is 1. The van der Waals surface area contributed by atoms with E-state index in [4.69, 9.17) is 11.6 Å². The number of anilines is 1. The van der Waals surface area contributed by atoms with Crippen molar-refractivity contribution < 1.29 is 4.79 Å². The molecule has 3 aromatic carbocycles. The molecule has 1 amide bonds. The van der Waals surface area contributed by atoms with Crippen LogP contribution in [0.1, 0.15) is 27.9 Å². The summed E-state index contributed by atoms with van der Waals surface area (Å²) in [7, 11) is 4.18. The zero-order valence-electron chi connectivity index (χ0n) is 17.3. The van der Waals surface area contributed by atoms with Crippen LogP contribution in [0, 0.1) is 0 Å². The number of nitrogens with zero attached hydrogens (tertiary/aromatic N) is 1. The Morgan fingerprint density at radius 2 is 1.60 bits per heavy atom. The summed E-state index contributed by atoms with van der Waals surface area (Å²) in [6, 6.07) is 21.5. The van der Waals surface area contributed by atoms with E-state index >= 15 is 0 Å². The van der Waals surface area contributed by atoms with Gasteiger partial charge in [0.25, 0.3) is 5.91 Å². The van der Waals surface area contributed by atoms with Gasteiger partial charge in [-0.2, -0.15) is 0 Å². The molecule has 3 nitrogen and oxygen atoms in total. The average Bonchev–Trinajstić information content (AvgIpc) is 2.74. The molecule has 0 fully saturated rings. The van der Waals surface area contributed by atoms with E-state index in [1.54, 1.807) is 0 Å². The van der Waals surface area contributed by atoms with Gasteiger partial charge in [0.15, 0.2) is 0 Å². The quantitative estimate of drug-likeness (QED) is 0.540. The van der Waals surface area contributed by atoms with Crippen molar-refractivity contribution in [3.8, 4) is 11.1 Å². The molecule has 0 spiro atoms. The van der Waals surface area contributed by atoms with Gasteiger partial charge in [-0.25, -0.2) is 0 Å². The first-order valence-corrected chi connectivity index (χ1v) is 10.5. The number of benzene rings is 3. The lowest BCUT2D eigenvalue weighted by molar-refractivity contribution is 0.102. The zero-order valence-corrected chi connectivity index (χ0v) is 18.0. The molecular formula is C26H25ClN2O. The average molecular weight is 417 g/mol. The summed E-state index contributed by atoms with van der Waals surface area (Å²) in [5.74, 6) is -0.106. The fourth-order valence-electron chi connectivity index (χ4n) is 3.81. The highest BCUT2D eigenvalue weighted by atomic mass is 35.5. The summed E-state index contributed by atoms with van der Waals surface area (Å²) in [4.78, 5) is 14.9. The number of carbonyl (C=O) groups is 1. The van der Waals surface area contributed by atoms with Gasteiger partial charge in [-0.1, -0.05) is 53.6 Å². The van der Waals surface area contributed by atoms with Gasteiger partial charge in [-0.05, 0) is 85.6 Å². The second-order valence-corrected chi connectivity index (χ2v) is 8.43. The second kappa shape index (κ2) is 8.86.